The zero-order valence-electron chi connectivity index (χ0n) is 22.2. The first-order valence-electron chi connectivity index (χ1n) is 13.3. The summed E-state index contributed by atoms with van der Waals surface area (Å²) in [4.78, 5) is 37.8. The molecular weight excluding hydrogens is 546 g/mol. The number of anilines is 4. The molecule has 41 heavy (non-hydrogen) atoms. The molecule has 2 aliphatic heterocycles. The van der Waals surface area contributed by atoms with E-state index < -0.39 is 29.4 Å². The fourth-order valence-corrected chi connectivity index (χ4v) is 4.92. The van der Waals surface area contributed by atoms with Crippen LogP contribution in [0.3, 0.4) is 0 Å². The van der Waals surface area contributed by atoms with Crippen LogP contribution in [0.15, 0.2) is 47.0 Å². The van der Waals surface area contributed by atoms with Crippen molar-refractivity contribution in [3.63, 3.8) is 0 Å². The minimum absolute atomic E-state index is 0.161. The van der Waals surface area contributed by atoms with Gasteiger partial charge in [0.2, 0.25) is 5.76 Å². The highest BCUT2D eigenvalue weighted by Gasteiger charge is 2.42. The lowest BCUT2D eigenvalue weighted by Crippen LogP contribution is -2.35. The second-order valence-corrected chi connectivity index (χ2v) is 10.1. The van der Waals surface area contributed by atoms with Crippen molar-refractivity contribution in [3.8, 4) is 0 Å². The van der Waals surface area contributed by atoms with Gasteiger partial charge in [-0.2, -0.15) is 18.2 Å². The van der Waals surface area contributed by atoms with Crippen LogP contribution in [0.5, 0.6) is 0 Å². The monoisotopic (exact) mass is 575 g/mol. The Kier molecular flexibility index (Phi) is 7.99. The van der Waals surface area contributed by atoms with E-state index in [1.54, 1.807) is 34.1 Å². The minimum atomic E-state index is -4.87. The molecule has 5 rings (SSSR count). The van der Waals surface area contributed by atoms with Gasteiger partial charge >= 0.3 is 12.2 Å². The molecule has 2 aliphatic rings. The molecular formula is C27H29F4N7O3. The number of hydrogen-bond donors (Lipinski definition) is 2. The first-order valence-corrected chi connectivity index (χ1v) is 13.3. The van der Waals surface area contributed by atoms with E-state index in [2.05, 4.69) is 20.6 Å². The average Bonchev–Trinajstić information content (AvgIpc) is 3.55. The van der Waals surface area contributed by atoms with Crippen molar-refractivity contribution in [1.82, 2.24) is 14.9 Å². The molecule has 2 saturated heterocycles. The summed E-state index contributed by atoms with van der Waals surface area (Å²) in [6.07, 6.45) is -1.83. The number of halogens is 4. The standard InChI is InChI=1S/C27H29F4N7O3/c1-17-5-4-11-37(16-17)25-35-23(27(29,30)31)22(41-25)24(39)34-18-8-9-21(33-15-18)32-10-12-36-13-14-38(26(36)40)20-7-3-2-6-19(20)28/h2-3,6-9,15,17H,4-5,10-14,16H2,1H3,(H,32,33)(H,34,39). The van der Waals surface area contributed by atoms with Crippen LogP contribution in [0.4, 0.5) is 45.6 Å². The quantitative estimate of drug-likeness (QED) is 0.361. The topological polar surface area (TPSA) is 107 Å². The van der Waals surface area contributed by atoms with Gasteiger partial charge in [0, 0.05) is 39.3 Å². The lowest BCUT2D eigenvalue weighted by Gasteiger charge is -2.29. The second-order valence-electron chi connectivity index (χ2n) is 10.1. The van der Waals surface area contributed by atoms with Gasteiger partial charge in [-0.25, -0.2) is 14.2 Å². The van der Waals surface area contributed by atoms with Crippen molar-refractivity contribution in [2.75, 3.05) is 59.7 Å². The van der Waals surface area contributed by atoms with Crippen molar-refractivity contribution in [2.45, 2.75) is 25.9 Å². The molecule has 3 amide bonds. The van der Waals surface area contributed by atoms with E-state index in [0.717, 1.165) is 12.8 Å². The lowest BCUT2D eigenvalue weighted by atomic mass is 10.0. The van der Waals surface area contributed by atoms with Crippen LogP contribution in [0.25, 0.3) is 0 Å². The minimum Gasteiger partial charge on any atom is -0.417 e. The smallest absolute Gasteiger partial charge is 0.417 e. The zero-order chi connectivity index (χ0) is 29.1. The number of carbonyl (C=O) groups excluding carboxylic acids is 2. The van der Waals surface area contributed by atoms with Crippen LogP contribution >= 0.6 is 0 Å². The molecule has 2 aromatic heterocycles. The molecule has 0 bridgehead atoms. The summed E-state index contributed by atoms with van der Waals surface area (Å²) in [5, 5.41) is 5.43. The molecule has 0 radical (unpaired) electrons. The molecule has 0 aliphatic carbocycles. The fourth-order valence-electron chi connectivity index (χ4n) is 4.92. The third-order valence-electron chi connectivity index (χ3n) is 6.97. The van der Waals surface area contributed by atoms with Gasteiger partial charge in [0.15, 0.2) is 5.69 Å². The van der Waals surface area contributed by atoms with Crippen LogP contribution in [0.1, 0.15) is 36.0 Å². The molecule has 0 spiro atoms. The number of rotatable bonds is 8. The number of piperidine rings is 1. The number of oxazole rings is 1. The summed E-state index contributed by atoms with van der Waals surface area (Å²) in [6.45, 7) is 4.48. The Morgan fingerprint density at radius 3 is 2.66 bits per heavy atom. The number of pyridine rings is 1. The third-order valence-corrected chi connectivity index (χ3v) is 6.97. The van der Waals surface area contributed by atoms with Gasteiger partial charge in [-0.05, 0) is 43.0 Å². The van der Waals surface area contributed by atoms with Gasteiger partial charge in [-0.3, -0.25) is 9.69 Å². The highest BCUT2D eigenvalue weighted by atomic mass is 19.4. The summed E-state index contributed by atoms with van der Waals surface area (Å²) in [5.74, 6) is -1.77. The van der Waals surface area contributed by atoms with Gasteiger partial charge in [-0.15, -0.1) is 0 Å². The number of nitrogens with zero attached hydrogens (tertiary/aromatic N) is 5. The molecule has 4 heterocycles. The van der Waals surface area contributed by atoms with Crippen molar-refractivity contribution in [2.24, 2.45) is 5.92 Å². The molecule has 0 saturated carbocycles. The first-order chi connectivity index (χ1) is 19.6. The first kappa shape index (κ1) is 28.2. The van der Waals surface area contributed by atoms with Crippen LogP contribution in [0, 0.1) is 11.7 Å². The maximum atomic E-state index is 14.1. The molecule has 1 aromatic carbocycles. The Bertz CT molecular complexity index is 1400. The summed E-state index contributed by atoms with van der Waals surface area (Å²) in [7, 11) is 0. The Labute approximate surface area is 233 Å². The van der Waals surface area contributed by atoms with E-state index in [-0.39, 0.29) is 29.3 Å². The molecule has 1 unspecified atom stereocenters. The number of aromatic nitrogens is 2. The number of urea groups is 1. The van der Waals surface area contributed by atoms with E-state index in [4.69, 9.17) is 4.42 Å². The van der Waals surface area contributed by atoms with E-state index in [1.807, 2.05) is 6.92 Å². The summed E-state index contributed by atoms with van der Waals surface area (Å²) < 4.78 is 60.4. The van der Waals surface area contributed by atoms with Crippen LogP contribution in [-0.4, -0.2) is 66.1 Å². The number of nitrogens with one attached hydrogen (secondary N) is 2. The summed E-state index contributed by atoms with van der Waals surface area (Å²) in [6, 6.07) is 8.58. The number of alkyl halides is 3. The molecule has 218 valence electrons. The van der Waals surface area contributed by atoms with Crippen molar-refractivity contribution in [3.05, 3.63) is 59.9 Å². The molecule has 10 nitrogen and oxygen atoms in total. The Morgan fingerprint density at radius 1 is 1.15 bits per heavy atom. The summed E-state index contributed by atoms with van der Waals surface area (Å²) >= 11 is 0. The molecule has 3 aromatic rings. The normalized spacial score (nSPS) is 17.7. The Balaban J connectivity index is 1.16. The predicted octanol–water partition coefficient (Wildman–Crippen LogP) is 5.07. The third kappa shape index (κ3) is 6.36. The predicted molar refractivity (Wildman–Crippen MR) is 144 cm³/mol. The van der Waals surface area contributed by atoms with Crippen LogP contribution < -0.4 is 20.4 Å². The number of amides is 3. The van der Waals surface area contributed by atoms with Gasteiger partial charge in [-0.1, -0.05) is 19.1 Å². The van der Waals surface area contributed by atoms with Crippen LogP contribution in [0.2, 0.25) is 0 Å². The summed E-state index contributed by atoms with van der Waals surface area (Å²) in [5.41, 5.74) is -0.981. The maximum Gasteiger partial charge on any atom is 0.437 e. The largest absolute Gasteiger partial charge is 0.437 e. The van der Waals surface area contributed by atoms with E-state index >= 15 is 0 Å². The van der Waals surface area contributed by atoms with Crippen molar-refractivity contribution in [1.29, 1.82) is 0 Å². The second kappa shape index (κ2) is 11.6. The van der Waals surface area contributed by atoms with E-state index in [9.17, 15) is 27.2 Å². The number of benzene rings is 1. The fraction of sp³-hybridized carbons (Fsp3) is 0.407. The Morgan fingerprint density at radius 2 is 1.95 bits per heavy atom. The van der Waals surface area contributed by atoms with E-state index in [1.165, 1.54) is 23.2 Å². The highest BCUT2D eigenvalue weighted by Crippen LogP contribution is 2.35. The van der Waals surface area contributed by atoms with Crippen LogP contribution in [-0.2, 0) is 6.18 Å². The lowest BCUT2D eigenvalue weighted by molar-refractivity contribution is -0.141. The highest BCUT2D eigenvalue weighted by molar-refractivity contribution is 6.03. The molecule has 2 N–H and O–H groups in total. The molecule has 2 fully saturated rings. The SMILES string of the molecule is CC1CCCN(c2nc(C(F)(F)F)c(C(=O)Nc3ccc(NCCN4CCN(c5ccccc5F)C4=O)nc3)o2)C1. The van der Waals surface area contributed by atoms with Crippen molar-refractivity contribution < 1.29 is 31.6 Å². The van der Waals surface area contributed by atoms with Crippen molar-refractivity contribution >= 4 is 35.1 Å². The molecule has 14 heteroatoms. The van der Waals surface area contributed by atoms with Gasteiger partial charge in [0.25, 0.3) is 11.9 Å². The molecule has 1 atom stereocenters. The number of carbonyl (C=O) groups is 2. The van der Waals surface area contributed by atoms with Gasteiger partial charge < -0.3 is 24.9 Å². The Hall–Kier alpha value is -4.36. The van der Waals surface area contributed by atoms with E-state index in [0.29, 0.717) is 45.1 Å². The van der Waals surface area contributed by atoms with Gasteiger partial charge in [0.1, 0.15) is 11.6 Å². The number of para-hydroxylation sites is 1. The average molecular weight is 576 g/mol. The van der Waals surface area contributed by atoms with Gasteiger partial charge in [0.05, 0.1) is 17.6 Å². The number of hydrogen-bond acceptors (Lipinski definition) is 7. The zero-order valence-corrected chi connectivity index (χ0v) is 22.2. The maximum absolute atomic E-state index is 14.1.